The molecular weight excluding hydrogens is 547 g/mol. The van der Waals surface area contributed by atoms with Crippen LogP contribution in [-0.4, -0.2) is 49.1 Å². The summed E-state index contributed by atoms with van der Waals surface area (Å²) in [6.07, 6.45) is 1.69. The zero-order valence-corrected chi connectivity index (χ0v) is 22.7. The highest BCUT2D eigenvalue weighted by atomic mass is 79.9. The smallest absolute Gasteiger partial charge is 0.405 e. The molecule has 3 aromatic rings. The third-order valence-electron chi connectivity index (χ3n) is 6.63. The molecule has 0 amide bonds. The minimum atomic E-state index is -4.69. The molecule has 0 bridgehead atoms. The molecular formula is C27H33BrF3N5O. The van der Waals surface area contributed by atoms with E-state index in [4.69, 9.17) is 9.97 Å². The quantitative estimate of drug-likeness (QED) is 0.261. The second kappa shape index (κ2) is 12.3. The summed E-state index contributed by atoms with van der Waals surface area (Å²) < 4.78 is 42.9. The number of hydrogen-bond acceptors (Lipinski definition) is 6. The molecule has 0 atom stereocenters. The van der Waals surface area contributed by atoms with Gasteiger partial charge in [-0.3, -0.25) is 0 Å². The van der Waals surface area contributed by atoms with Crippen molar-refractivity contribution in [2.45, 2.75) is 63.4 Å². The second-order valence-electron chi connectivity index (χ2n) is 9.69. The zero-order chi connectivity index (χ0) is 26.4. The van der Waals surface area contributed by atoms with Crippen LogP contribution in [0.15, 0.2) is 46.9 Å². The number of para-hydroxylation sites is 1. The lowest BCUT2D eigenvalue weighted by atomic mass is 9.91. The topological polar surface area (TPSA) is 62.3 Å². The SMILES string of the molecule is CN(C)c1nc(NC2CCC(NCCCCc3ccc(Br)cc3OC(F)(F)F)CC2)nc2ccccc12. The lowest BCUT2D eigenvalue weighted by molar-refractivity contribution is -0.274. The number of anilines is 2. The van der Waals surface area contributed by atoms with E-state index in [-0.39, 0.29) is 5.75 Å². The molecule has 200 valence electrons. The van der Waals surface area contributed by atoms with Gasteiger partial charge in [-0.05, 0) is 81.3 Å². The number of aryl methyl sites for hydroxylation is 1. The molecule has 1 fully saturated rings. The molecule has 4 rings (SSSR count). The van der Waals surface area contributed by atoms with E-state index in [0.29, 0.717) is 34.5 Å². The molecule has 0 saturated heterocycles. The van der Waals surface area contributed by atoms with Crippen LogP contribution in [0.2, 0.25) is 0 Å². The number of rotatable bonds is 10. The average Bonchev–Trinajstić information content (AvgIpc) is 2.84. The number of aromatic nitrogens is 2. The van der Waals surface area contributed by atoms with Crippen molar-refractivity contribution >= 4 is 38.6 Å². The predicted octanol–water partition coefficient (Wildman–Crippen LogP) is 6.69. The Balaban J connectivity index is 1.20. The Morgan fingerprint density at radius 3 is 2.46 bits per heavy atom. The number of hydrogen-bond donors (Lipinski definition) is 2. The van der Waals surface area contributed by atoms with Crippen molar-refractivity contribution in [3.63, 3.8) is 0 Å². The third kappa shape index (κ3) is 7.95. The first-order valence-electron chi connectivity index (χ1n) is 12.7. The Kier molecular flexibility index (Phi) is 9.13. The molecule has 1 heterocycles. The summed E-state index contributed by atoms with van der Waals surface area (Å²) >= 11 is 3.21. The summed E-state index contributed by atoms with van der Waals surface area (Å²) in [6.45, 7) is 0.842. The van der Waals surface area contributed by atoms with Crippen LogP contribution in [0.1, 0.15) is 44.1 Å². The van der Waals surface area contributed by atoms with Crippen LogP contribution in [0.3, 0.4) is 0 Å². The van der Waals surface area contributed by atoms with Crippen molar-refractivity contribution < 1.29 is 17.9 Å². The van der Waals surface area contributed by atoms with E-state index in [2.05, 4.69) is 31.3 Å². The first-order valence-corrected chi connectivity index (χ1v) is 13.5. The third-order valence-corrected chi connectivity index (χ3v) is 7.12. The summed E-state index contributed by atoms with van der Waals surface area (Å²) in [5, 5.41) is 8.19. The average molecular weight is 580 g/mol. The molecule has 1 aliphatic carbocycles. The highest BCUT2D eigenvalue weighted by Crippen LogP contribution is 2.31. The van der Waals surface area contributed by atoms with Crippen LogP contribution in [-0.2, 0) is 6.42 Å². The summed E-state index contributed by atoms with van der Waals surface area (Å²) in [5.74, 6) is 1.44. The van der Waals surface area contributed by atoms with Gasteiger partial charge in [0, 0.05) is 36.0 Å². The van der Waals surface area contributed by atoms with Crippen molar-refractivity contribution in [3.8, 4) is 5.75 Å². The Bertz CT molecular complexity index is 1180. The van der Waals surface area contributed by atoms with Crippen LogP contribution < -0.4 is 20.3 Å². The molecule has 6 nitrogen and oxygen atoms in total. The van der Waals surface area contributed by atoms with Crippen LogP contribution in [0.25, 0.3) is 10.9 Å². The standard InChI is InChI=1S/C27H33BrF3N5O/c1-36(2)25-22-8-3-4-9-23(22)34-26(35-25)33-21-14-12-20(13-15-21)32-16-6-5-7-18-10-11-19(28)17-24(18)37-27(29,30)31/h3-4,8-11,17,20-21,32H,5-7,12-16H2,1-2H3,(H,33,34,35). The van der Waals surface area contributed by atoms with Crippen LogP contribution >= 0.6 is 15.9 Å². The van der Waals surface area contributed by atoms with Crippen LogP contribution in [0.5, 0.6) is 5.75 Å². The van der Waals surface area contributed by atoms with Gasteiger partial charge in [0.1, 0.15) is 11.6 Å². The monoisotopic (exact) mass is 579 g/mol. The second-order valence-corrected chi connectivity index (χ2v) is 10.6. The number of benzene rings is 2. The van der Waals surface area contributed by atoms with E-state index in [1.54, 1.807) is 12.1 Å². The fraction of sp³-hybridized carbons (Fsp3) is 0.481. The van der Waals surface area contributed by atoms with Gasteiger partial charge in [-0.1, -0.05) is 34.1 Å². The van der Waals surface area contributed by atoms with E-state index in [9.17, 15) is 13.2 Å². The molecule has 10 heteroatoms. The van der Waals surface area contributed by atoms with Crippen LogP contribution in [0, 0.1) is 0 Å². The molecule has 37 heavy (non-hydrogen) atoms. The van der Waals surface area contributed by atoms with Crippen molar-refractivity contribution in [1.29, 1.82) is 0 Å². The number of nitrogens with one attached hydrogen (secondary N) is 2. The maximum absolute atomic E-state index is 12.7. The molecule has 2 N–H and O–H groups in total. The minimum absolute atomic E-state index is 0.131. The van der Waals surface area contributed by atoms with Crippen molar-refractivity contribution in [2.24, 2.45) is 0 Å². The largest absolute Gasteiger partial charge is 0.573 e. The van der Waals surface area contributed by atoms with E-state index in [0.717, 1.165) is 61.8 Å². The van der Waals surface area contributed by atoms with Gasteiger partial charge in [-0.25, -0.2) is 4.98 Å². The maximum Gasteiger partial charge on any atom is 0.573 e. The first-order chi connectivity index (χ1) is 17.7. The normalized spacial score (nSPS) is 18.1. The van der Waals surface area contributed by atoms with Crippen molar-refractivity contribution in [1.82, 2.24) is 15.3 Å². The van der Waals surface area contributed by atoms with Gasteiger partial charge in [-0.2, -0.15) is 4.98 Å². The number of nitrogens with zero attached hydrogens (tertiary/aromatic N) is 3. The Morgan fingerprint density at radius 2 is 1.73 bits per heavy atom. The lowest BCUT2D eigenvalue weighted by Crippen LogP contribution is -2.37. The Hall–Kier alpha value is -2.59. The maximum atomic E-state index is 12.7. The van der Waals surface area contributed by atoms with E-state index >= 15 is 0 Å². The van der Waals surface area contributed by atoms with E-state index in [1.807, 2.05) is 43.3 Å². The number of unbranched alkanes of at least 4 members (excludes halogenated alkanes) is 1. The van der Waals surface area contributed by atoms with Crippen molar-refractivity contribution in [2.75, 3.05) is 30.9 Å². The van der Waals surface area contributed by atoms with Gasteiger partial charge >= 0.3 is 6.36 Å². The molecule has 0 unspecified atom stereocenters. The minimum Gasteiger partial charge on any atom is -0.405 e. The van der Waals surface area contributed by atoms with Crippen molar-refractivity contribution in [3.05, 3.63) is 52.5 Å². The lowest BCUT2D eigenvalue weighted by Gasteiger charge is -2.30. The zero-order valence-electron chi connectivity index (χ0n) is 21.1. The number of halogens is 4. The molecule has 0 radical (unpaired) electrons. The molecule has 1 aliphatic rings. The van der Waals surface area contributed by atoms with E-state index in [1.165, 1.54) is 6.07 Å². The molecule has 0 spiro atoms. The fourth-order valence-corrected chi connectivity index (χ4v) is 5.13. The number of alkyl halides is 3. The molecule has 1 saturated carbocycles. The van der Waals surface area contributed by atoms with Crippen LogP contribution in [0.4, 0.5) is 24.9 Å². The summed E-state index contributed by atoms with van der Waals surface area (Å²) in [5.41, 5.74) is 1.50. The van der Waals surface area contributed by atoms with Gasteiger partial charge in [0.25, 0.3) is 0 Å². The molecule has 1 aromatic heterocycles. The molecule has 0 aliphatic heterocycles. The van der Waals surface area contributed by atoms with Gasteiger partial charge in [-0.15, -0.1) is 13.2 Å². The first kappa shape index (κ1) is 27.4. The summed E-state index contributed by atoms with van der Waals surface area (Å²) in [4.78, 5) is 11.5. The molecule has 2 aromatic carbocycles. The van der Waals surface area contributed by atoms with Gasteiger partial charge in [0.15, 0.2) is 0 Å². The fourth-order valence-electron chi connectivity index (χ4n) is 4.79. The van der Waals surface area contributed by atoms with Gasteiger partial charge in [0.2, 0.25) is 5.95 Å². The number of fused-ring (bicyclic) bond motifs is 1. The Morgan fingerprint density at radius 1 is 1.00 bits per heavy atom. The van der Waals surface area contributed by atoms with E-state index < -0.39 is 6.36 Å². The van der Waals surface area contributed by atoms with Gasteiger partial charge < -0.3 is 20.3 Å². The van der Waals surface area contributed by atoms with Gasteiger partial charge in [0.05, 0.1) is 5.52 Å². The summed E-state index contributed by atoms with van der Waals surface area (Å²) in [6, 6.07) is 13.6. The highest BCUT2D eigenvalue weighted by molar-refractivity contribution is 9.10. The highest BCUT2D eigenvalue weighted by Gasteiger charge is 2.32. The summed E-state index contributed by atoms with van der Waals surface area (Å²) in [7, 11) is 3.98. The predicted molar refractivity (Wildman–Crippen MR) is 145 cm³/mol. The Labute approximate surface area is 224 Å². The number of ether oxygens (including phenoxy) is 1.